The molecule has 5 heteroatoms. The predicted molar refractivity (Wildman–Crippen MR) is 68.9 cm³/mol. The van der Waals surface area contributed by atoms with Crippen LogP contribution in [0.3, 0.4) is 0 Å². The highest BCUT2D eigenvalue weighted by atomic mass is 35.5. The second-order valence-electron chi connectivity index (χ2n) is 4.19. The maximum Gasteiger partial charge on any atom is 0.171 e. The van der Waals surface area contributed by atoms with Crippen molar-refractivity contribution in [3.63, 3.8) is 0 Å². The summed E-state index contributed by atoms with van der Waals surface area (Å²) < 4.78 is 5.70. The van der Waals surface area contributed by atoms with Gasteiger partial charge in [-0.3, -0.25) is 0 Å². The highest BCUT2D eigenvalue weighted by Gasteiger charge is 2.11. The largest absolute Gasteiger partial charge is 0.490 e. The highest BCUT2D eigenvalue weighted by molar-refractivity contribution is 6.34. The summed E-state index contributed by atoms with van der Waals surface area (Å²) >= 11 is 6.01. The van der Waals surface area contributed by atoms with Gasteiger partial charge in [0.2, 0.25) is 0 Å². The first-order chi connectivity index (χ1) is 7.95. The van der Waals surface area contributed by atoms with Gasteiger partial charge in [-0.05, 0) is 31.0 Å². The summed E-state index contributed by atoms with van der Waals surface area (Å²) in [6, 6.07) is 5.08. The average molecular weight is 257 g/mol. The second-order valence-corrected chi connectivity index (χ2v) is 4.60. The van der Waals surface area contributed by atoms with Crippen molar-refractivity contribution in [1.29, 1.82) is 0 Å². The summed E-state index contributed by atoms with van der Waals surface area (Å²) in [5, 5.41) is 11.9. The molecule has 0 bridgehead atoms. The van der Waals surface area contributed by atoms with E-state index in [0.29, 0.717) is 22.3 Å². The van der Waals surface area contributed by atoms with E-state index in [1.165, 1.54) is 0 Å². The van der Waals surface area contributed by atoms with Crippen molar-refractivity contribution in [3.8, 4) is 5.75 Å². The number of rotatable bonds is 4. The van der Waals surface area contributed by atoms with E-state index in [0.717, 1.165) is 0 Å². The Morgan fingerprint density at radius 2 is 2.06 bits per heavy atom. The van der Waals surface area contributed by atoms with Crippen LogP contribution in [0.25, 0.3) is 0 Å². The topological polar surface area (TPSA) is 67.8 Å². The standard InChI is InChI=1S/C12H17ClN2O2/c1-7(2)8(3)17-9-4-5-10(11(13)6-9)12(14)15-16/h4-8,16H,1-3H3,(H2,14,15). The zero-order valence-electron chi connectivity index (χ0n) is 10.1. The number of halogens is 1. The molecule has 0 radical (unpaired) electrons. The molecule has 0 saturated heterocycles. The molecule has 1 aromatic carbocycles. The van der Waals surface area contributed by atoms with Gasteiger partial charge in [-0.1, -0.05) is 30.6 Å². The molecule has 1 rings (SSSR count). The van der Waals surface area contributed by atoms with E-state index in [9.17, 15) is 0 Å². The van der Waals surface area contributed by atoms with E-state index in [1.54, 1.807) is 18.2 Å². The lowest BCUT2D eigenvalue weighted by Gasteiger charge is -2.18. The minimum Gasteiger partial charge on any atom is -0.490 e. The van der Waals surface area contributed by atoms with Crippen molar-refractivity contribution in [2.75, 3.05) is 0 Å². The fraction of sp³-hybridized carbons (Fsp3) is 0.417. The molecule has 0 aliphatic heterocycles. The zero-order chi connectivity index (χ0) is 13.0. The van der Waals surface area contributed by atoms with Gasteiger partial charge < -0.3 is 15.7 Å². The lowest BCUT2D eigenvalue weighted by molar-refractivity contribution is 0.170. The minimum absolute atomic E-state index is 0.0153. The summed E-state index contributed by atoms with van der Waals surface area (Å²) in [7, 11) is 0. The maximum atomic E-state index is 8.57. The third-order valence-electron chi connectivity index (χ3n) is 2.59. The SMILES string of the molecule is CC(C)C(C)Oc1ccc(C(N)=NO)c(Cl)c1. The van der Waals surface area contributed by atoms with E-state index in [-0.39, 0.29) is 11.9 Å². The monoisotopic (exact) mass is 256 g/mol. The molecular weight excluding hydrogens is 240 g/mol. The molecule has 0 aliphatic rings. The van der Waals surface area contributed by atoms with Crippen LogP contribution in [-0.2, 0) is 0 Å². The number of hydrogen-bond donors (Lipinski definition) is 2. The summed E-state index contributed by atoms with van der Waals surface area (Å²) in [4.78, 5) is 0. The maximum absolute atomic E-state index is 8.57. The number of benzene rings is 1. The van der Waals surface area contributed by atoms with Crippen molar-refractivity contribution in [2.24, 2.45) is 16.8 Å². The molecule has 1 unspecified atom stereocenters. The predicted octanol–water partition coefficient (Wildman–Crippen LogP) is 2.86. The average Bonchev–Trinajstić information content (AvgIpc) is 2.28. The Balaban J connectivity index is 2.90. The molecule has 1 aromatic rings. The quantitative estimate of drug-likeness (QED) is 0.377. The van der Waals surface area contributed by atoms with Gasteiger partial charge in [-0.15, -0.1) is 0 Å². The van der Waals surface area contributed by atoms with Crippen LogP contribution in [0, 0.1) is 5.92 Å². The van der Waals surface area contributed by atoms with Crippen molar-refractivity contribution in [1.82, 2.24) is 0 Å². The molecule has 3 N–H and O–H groups in total. The molecule has 0 spiro atoms. The minimum atomic E-state index is -0.0153. The lowest BCUT2D eigenvalue weighted by atomic mass is 10.1. The van der Waals surface area contributed by atoms with E-state index in [4.69, 9.17) is 27.3 Å². The van der Waals surface area contributed by atoms with Gasteiger partial charge in [0.15, 0.2) is 5.84 Å². The molecule has 0 fully saturated rings. The summed E-state index contributed by atoms with van der Waals surface area (Å²) in [6.45, 7) is 6.16. The van der Waals surface area contributed by atoms with Gasteiger partial charge in [0.25, 0.3) is 0 Å². The number of ether oxygens (including phenoxy) is 1. The molecule has 0 heterocycles. The Labute approximate surface area is 106 Å². The van der Waals surface area contributed by atoms with Gasteiger partial charge >= 0.3 is 0 Å². The van der Waals surface area contributed by atoms with Crippen LogP contribution >= 0.6 is 11.6 Å². The zero-order valence-corrected chi connectivity index (χ0v) is 10.9. The van der Waals surface area contributed by atoms with Crippen LogP contribution in [0.5, 0.6) is 5.75 Å². The Morgan fingerprint density at radius 1 is 1.41 bits per heavy atom. The van der Waals surface area contributed by atoms with Crippen LogP contribution in [0.1, 0.15) is 26.3 Å². The van der Waals surface area contributed by atoms with Crippen molar-refractivity contribution >= 4 is 17.4 Å². The van der Waals surface area contributed by atoms with E-state index in [1.807, 2.05) is 6.92 Å². The van der Waals surface area contributed by atoms with Gasteiger partial charge in [-0.25, -0.2) is 0 Å². The number of nitrogens with zero attached hydrogens (tertiary/aromatic N) is 1. The van der Waals surface area contributed by atoms with E-state index >= 15 is 0 Å². The van der Waals surface area contributed by atoms with Gasteiger partial charge in [-0.2, -0.15) is 0 Å². The molecular formula is C12H17ClN2O2. The molecule has 0 amide bonds. The van der Waals surface area contributed by atoms with Crippen LogP contribution in [-0.4, -0.2) is 17.1 Å². The first-order valence-electron chi connectivity index (χ1n) is 5.39. The third kappa shape index (κ3) is 3.53. The molecule has 0 aromatic heterocycles. The smallest absolute Gasteiger partial charge is 0.171 e. The molecule has 0 saturated carbocycles. The third-order valence-corrected chi connectivity index (χ3v) is 2.90. The Hall–Kier alpha value is -1.42. The fourth-order valence-corrected chi connectivity index (χ4v) is 1.45. The Kier molecular flexibility index (Phi) is 4.63. The molecule has 1 atom stereocenters. The van der Waals surface area contributed by atoms with Crippen LogP contribution in [0.4, 0.5) is 0 Å². The van der Waals surface area contributed by atoms with Crippen LogP contribution in [0.15, 0.2) is 23.4 Å². The van der Waals surface area contributed by atoms with Crippen molar-refractivity contribution < 1.29 is 9.94 Å². The normalized spacial score (nSPS) is 13.8. The summed E-state index contributed by atoms with van der Waals surface area (Å²) in [6.07, 6.45) is 0.0979. The molecule has 0 aliphatic carbocycles. The lowest BCUT2D eigenvalue weighted by Crippen LogP contribution is -2.19. The van der Waals surface area contributed by atoms with Crippen molar-refractivity contribution in [2.45, 2.75) is 26.9 Å². The molecule has 94 valence electrons. The second kappa shape index (κ2) is 5.77. The van der Waals surface area contributed by atoms with Crippen LogP contribution < -0.4 is 10.5 Å². The summed E-state index contributed by atoms with van der Waals surface area (Å²) in [5.41, 5.74) is 5.95. The van der Waals surface area contributed by atoms with Crippen molar-refractivity contribution in [3.05, 3.63) is 28.8 Å². The number of amidine groups is 1. The number of nitrogens with two attached hydrogens (primary N) is 1. The molecule has 4 nitrogen and oxygen atoms in total. The molecule has 17 heavy (non-hydrogen) atoms. The fourth-order valence-electron chi connectivity index (χ4n) is 1.18. The highest BCUT2D eigenvalue weighted by Crippen LogP contribution is 2.24. The van der Waals surface area contributed by atoms with Gasteiger partial charge in [0.1, 0.15) is 5.75 Å². The van der Waals surface area contributed by atoms with Crippen LogP contribution in [0.2, 0.25) is 5.02 Å². The first kappa shape index (κ1) is 13.6. The first-order valence-corrected chi connectivity index (χ1v) is 5.77. The Bertz CT molecular complexity index is 419. The van der Waals surface area contributed by atoms with E-state index in [2.05, 4.69) is 19.0 Å². The van der Waals surface area contributed by atoms with E-state index < -0.39 is 0 Å². The Morgan fingerprint density at radius 3 is 2.53 bits per heavy atom. The van der Waals surface area contributed by atoms with Gasteiger partial charge in [0.05, 0.1) is 11.1 Å². The number of oxime groups is 1. The number of hydrogen-bond acceptors (Lipinski definition) is 3. The van der Waals surface area contributed by atoms with Gasteiger partial charge in [0, 0.05) is 5.56 Å². The summed E-state index contributed by atoms with van der Waals surface area (Å²) in [5.74, 6) is 1.07.